The molecule has 43 heavy (non-hydrogen) atoms. The van der Waals surface area contributed by atoms with Crippen molar-refractivity contribution in [3.05, 3.63) is 97.7 Å². The number of imide groups is 1. The maximum atomic E-state index is 13.9. The van der Waals surface area contributed by atoms with Crippen molar-refractivity contribution in [1.82, 2.24) is 4.98 Å². The van der Waals surface area contributed by atoms with Gasteiger partial charge in [0.2, 0.25) is 11.8 Å². The van der Waals surface area contributed by atoms with Crippen LogP contribution in [0.4, 0.5) is 15.8 Å². The van der Waals surface area contributed by atoms with E-state index in [1.807, 2.05) is 0 Å². The molecule has 9 nitrogen and oxygen atoms in total. The number of nitrogens with one attached hydrogen (secondary N) is 2. The Hall–Kier alpha value is -4.13. The second kappa shape index (κ2) is 11.9. The highest BCUT2D eigenvalue weighted by Gasteiger charge is 2.56. The van der Waals surface area contributed by atoms with Crippen molar-refractivity contribution in [2.75, 3.05) is 23.4 Å². The molecule has 0 spiro atoms. The van der Waals surface area contributed by atoms with Gasteiger partial charge in [0.05, 0.1) is 23.2 Å². The van der Waals surface area contributed by atoms with E-state index in [0.717, 1.165) is 28.0 Å². The van der Waals surface area contributed by atoms with Crippen molar-refractivity contribution in [2.45, 2.75) is 23.1 Å². The van der Waals surface area contributed by atoms with E-state index in [1.54, 1.807) is 49.4 Å². The number of thiazole rings is 1. The summed E-state index contributed by atoms with van der Waals surface area (Å²) in [6.45, 7) is 1.80. The van der Waals surface area contributed by atoms with Crippen LogP contribution in [0.5, 0.6) is 11.5 Å². The zero-order valence-electron chi connectivity index (χ0n) is 22.5. The van der Waals surface area contributed by atoms with Crippen LogP contribution in [0, 0.1) is 11.7 Å². The fraction of sp³-hybridized carbons (Fsp3) is 0.200. The van der Waals surface area contributed by atoms with Crippen molar-refractivity contribution in [2.24, 2.45) is 5.92 Å². The molecule has 2 aliphatic heterocycles. The second-order valence-electron chi connectivity index (χ2n) is 9.72. The van der Waals surface area contributed by atoms with Gasteiger partial charge in [-0.25, -0.2) is 9.29 Å². The standard InChI is InChI=1S/C30H23ClFN3O6S2/c1-2-40-21-13-15(3-12-20(21)41-14-22(36)33-18-8-4-16(31)5-9-18)23-24-26(42-27-25(23)43-30(39)34-27)29(38)35(28(24)37)19-10-6-17(32)7-11-19/h3-13,23-24,26H,2,14H2,1H3,(H,33,36)(H,34,39)/t23-,24-,26+/m0/s1. The van der Waals surface area contributed by atoms with Gasteiger partial charge in [-0.3, -0.25) is 19.2 Å². The van der Waals surface area contributed by atoms with Gasteiger partial charge in [0.25, 0.3) is 5.91 Å². The molecule has 2 aliphatic rings. The Morgan fingerprint density at radius 3 is 2.47 bits per heavy atom. The lowest BCUT2D eigenvalue weighted by Crippen LogP contribution is -2.32. The number of carbonyl (C=O) groups is 3. The number of amides is 3. The highest BCUT2D eigenvalue weighted by Crippen LogP contribution is 2.53. The normalized spacial score (nSPS) is 19.1. The molecule has 6 rings (SSSR count). The Morgan fingerprint density at radius 2 is 1.74 bits per heavy atom. The number of benzene rings is 3. The minimum atomic E-state index is -0.826. The zero-order valence-corrected chi connectivity index (χ0v) is 24.9. The fourth-order valence-electron chi connectivity index (χ4n) is 5.20. The molecule has 3 aromatic carbocycles. The van der Waals surface area contributed by atoms with E-state index in [-0.39, 0.29) is 17.2 Å². The molecule has 13 heteroatoms. The molecule has 1 saturated heterocycles. The summed E-state index contributed by atoms with van der Waals surface area (Å²) in [6, 6.07) is 16.9. The van der Waals surface area contributed by atoms with Crippen LogP contribution >= 0.6 is 34.7 Å². The van der Waals surface area contributed by atoms with Gasteiger partial charge in [-0.05, 0) is 73.2 Å². The van der Waals surface area contributed by atoms with Crippen LogP contribution in [0.1, 0.15) is 23.3 Å². The number of carbonyl (C=O) groups excluding carboxylic acids is 3. The van der Waals surface area contributed by atoms with Crippen LogP contribution in [0.25, 0.3) is 0 Å². The summed E-state index contributed by atoms with van der Waals surface area (Å²) >= 11 is 8.04. The van der Waals surface area contributed by atoms with Gasteiger partial charge in [0, 0.05) is 21.5 Å². The summed E-state index contributed by atoms with van der Waals surface area (Å²) in [5, 5.41) is 3.00. The first-order chi connectivity index (χ1) is 20.7. The lowest BCUT2D eigenvalue weighted by atomic mass is 9.83. The Labute approximate surface area is 258 Å². The topological polar surface area (TPSA) is 118 Å². The molecule has 0 bridgehead atoms. The lowest BCUT2D eigenvalue weighted by molar-refractivity contribution is -0.122. The van der Waals surface area contributed by atoms with Crippen molar-refractivity contribution in [1.29, 1.82) is 0 Å². The third-order valence-electron chi connectivity index (χ3n) is 7.02. The van der Waals surface area contributed by atoms with E-state index in [9.17, 15) is 23.6 Å². The van der Waals surface area contributed by atoms with E-state index >= 15 is 0 Å². The number of hydrogen-bond acceptors (Lipinski definition) is 8. The van der Waals surface area contributed by atoms with E-state index in [2.05, 4.69) is 10.3 Å². The number of anilines is 2. The number of ether oxygens (including phenoxy) is 2. The molecule has 1 fully saturated rings. The SMILES string of the molecule is CCOc1cc([C@@H]2c3sc(=O)[nH]c3S[C@H]3C(=O)N(c4ccc(F)cc4)C(=O)[C@@H]23)ccc1OCC(=O)Nc1ccc(Cl)cc1. The molecule has 0 unspecified atom stereocenters. The highest BCUT2D eigenvalue weighted by molar-refractivity contribution is 8.00. The summed E-state index contributed by atoms with van der Waals surface area (Å²) in [5.41, 5.74) is 1.47. The van der Waals surface area contributed by atoms with E-state index in [0.29, 0.717) is 44.3 Å². The molecule has 1 aromatic heterocycles. The predicted octanol–water partition coefficient (Wildman–Crippen LogP) is 5.44. The van der Waals surface area contributed by atoms with Crippen molar-refractivity contribution in [3.63, 3.8) is 0 Å². The van der Waals surface area contributed by atoms with E-state index in [4.69, 9.17) is 21.1 Å². The van der Waals surface area contributed by atoms with Crippen LogP contribution in [0.2, 0.25) is 5.02 Å². The molecule has 4 aromatic rings. The molecule has 220 valence electrons. The Kier molecular flexibility index (Phi) is 7.99. The first-order valence-corrected chi connectivity index (χ1v) is 15.3. The molecule has 3 atom stereocenters. The van der Waals surface area contributed by atoms with Gasteiger partial charge in [-0.1, -0.05) is 40.8 Å². The average molecular weight is 640 g/mol. The maximum absolute atomic E-state index is 13.9. The number of rotatable bonds is 8. The van der Waals surface area contributed by atoms with E-state index in [1.165, 1.54) is 24.3 Å². The summed E-state index contributed by atoms with van der Waals surface area (Å²) in [7, 11) is 0. The largest absolute Gasteiger partial charge is 0.490 e. The van der Waals surface area contributed by atoms with Crippen LogP contribution in [0.3, 0.4) is 0 Å². The summed E-state index contributed by atoms with van der Waals surface area (Å²) < 4.78 is 25.2. The molecular formula is C30H23ClFN3O6S2. The molecular weight excluding hydrogens is 617 g/mol. The number of fused-ring (bicyclic) bond motifs is 2. The molecule has 0 radical (unpaired) electrons. The van der Waals surface area contributed by atoms with Crippen LogP contribution in [-0.4, -0.2) is 41.2 Å². The van der Waals surface area contributed by atoms with Crippen molar-refractivity contribution in [3.8, 4) is 11.5 Å². The smallest absolute Gasteiger partial charge is 0.305 e. The molecule has 0 aliphatic carbocycles. The summed E-state index contributed by atoms with van der Waals surface area (Å²) in [5.74, 6) is -2.58. The predicted molar refractivity (Wildman–Crippen MR) is 162 cm³/mol. The second-order valence-corrected chi connectivity index (χ2v) is 12.3. The Balaban J connectivity index is 1.31. The highest BCUT2D eigenvalue weighted by atomic mass is 35.5. The number of halogens is 2. The maximum Gasteiger partial charge on any atom is 0.305 e. The monoisotopic (exact) mass is 639 g/mol. The van der Waals surface area contributed by atoms with Crippen LogP contribution in [-0.2, 0) is 14.4 Å². The van der Waals surface area contributed by atoms with Gasteiger partial charge < -0.3 is 19.8 Å². The van der Waals surface area contributed by atoms with Crippen LogP contribution < -0.4 is 24.6 Å². The number of thioether (sulfide) groups is 1. The number of hydrogen-bond donors (Lipinski definition) is 2. The molecule has 0 saturated carbocycles. The third kappa shape index (κ3) is 5.65. The molecule has 3 heterocycles. The average Bonchev–Trinajstić information content (AvgIpc) is 3.48. The number of nitrogens with zero attached hydrogens (tertiary/aromatic N) is 1. The Morgan fingerprint density at radius 1 is 1.00 bits per heavy atom. The van der Waals surface area contributed by atoms with Gasteiger partial charge in [-0.2, -0.15) is 0 Å². The summed E-state index contributed by atoms with van der Waals surface area (Å²) in [6.07, 6.45) is 0. The van der Waals surface area contributed by atoms with Gasteiger partial charge in [0.15, 0.2) is 18.1 Å². The molecule has 3 amide bonds. The zero-order chi connectivity index (χ0) is 30.2. The number of aromatic amines is 1. The van der Waals surface area contributed by atoms with Gasteiger partial charge in [-0.15, -0.1) is 0 Å². The minimum Gasteiger partial charge on any atom is -0.490 e. The van der Waals surface area contributed by atoms with E-state index < -0.39 is 40.6 Å². The van der Waals surface area contributed by atoms with Crippen molar-refractivity contribution >= 4 is 63.8 Å². The van der Waals surface area contributed by atoms with Crippen molar-refractivity contribution < 1.29 is 28.2 Å². The van der Waals surface area contributed by atoms with Gasteiger partial charge >= 0.3 is 4.87 Å². The number of aromatic nitrogens is 1. The minimum absolute atomic E-state index is 0.276. The van der Waals surface area contributed by atoms with Crippen LogP contribution in [0.15, 0.2) is 76.6 Å². The first kappa shape index (κ1) is 29.0. The molecule has 2 N–H and O–H groups in total. The number of H-pyrrole nitrogens is 1. The fourth-order valence-corrected chi connectivity index (χ4v) is 7.84. The lowest BCUT2D eigenvalue weighted by Gasteiger charge is -2.30. The van der Waals surface area contributed by atoms with Gasteiger partial charge in [0.1, 0.15) is 11.1 Å². The Bertz CT molecular complexity index is 1780. The summed E-state index contributed by atoms with van der Waals surface area (Å²) in [4.78, 5) is 56.6. The third-order valence-corrected chi connectivity index (χ3v) is 9.68. The first-order valence-electron chi connectivity index (χ1n) is 13.2. The quantitative estimate of drug-likeness (QED) is 0.247.